The Morgan fingerprint density at radius 1 is 1.25 bits per heavy atom. The quantitative estimate of drug-likeness (QED) is 0.613. The smallest absolute Gasteiger partial charge is 0.0924 e. The van der Waals surface area contributed by atoms with Crippen molar-refractivity contribution in [2.45, 2.75) is 57.5 Å². The molecule has 0 aromatic heterocycles. The molecule has 2 rings (SSSR count). The van der Waals surface area contributed by atoms with E-state index in [-0.39, 0.29) is 11.9 Å². The van der Waals surface area contributed by atoms with Gasteiger partial charge in [0.2, 0.25) is 0 Å². The number of nitrogens with one attached hydrogen (secondary N) is 1. The second-order valence-corrected chi connectivity index (χ2v) is 5.78. The van der Waals surface area contributed by atoms with Crippen LogP contribution in [-0.4, -0.2) is 23.3 Å². The Labute approximate surface area is 122 Å². The zero-order chi connectivity index (χ0) is 14.4. The van der Waals surface area contributed by atoms with Crippen LogP contribution >= 0.6 is 0 Å². The summed E-state index contributed by atoms with van der Waals surface area (Å²) in [6.07, 6.45) is 7.25. The van der Waals surface area contributed by atoms with Gasteiger partial charge in [-0.1, -0.05) is 56.5 Å². The van der Waals surface area contributed by atoms with Crippen molar-refractivity contribution in [3.63, 3.8) is 0 Å². The van der Waals surface area contributed by atoms with E-state index >= 15 is 0 Å². The predicted octanol–water partition coefficient (Wildman–Crippen LogP) is 3.71. The molecule has 1 unspecified atom stereocenters. The zero-order valence-corrected chi connectivity index (χ0v) is 12.5. The van der Waals surface area contributed by atoms with Crippen LogP contribution < -0.4 is 5.73 Å². The summed E-state index contributed by atoms with van der Waals surface area (Å²) in [4.78, 5) is 2.57. The Morgan fingerprint density at radius 2 is 1.90 bits per heavy atom. The van der Waals surface area contributed by atoms with E-state index in [2.05, 4.69) is 36.1 Å². The second-order valence-electron chi connectivity index (χ2n) is 5.78. The highest BCUT2D eigenvalue weighted by atomic mass is 15.2. The van der Waals surface area contributed by atoms with Gasteiger partial charge in [-0.15, -0.1) is 0 Å². The molecule has 3 N–H and O–H groups in total. The summed E-state index contributed by atoms with van der Waals surface area (Å²) in [7, 11) is 0. The maximum atomic E-state index is 7.71. The highest BCUT2D eigenvalue weighted by Gasteiger charge is 2.27. The van der Waals surface area contributed by atoms with Gasteiger partial charge < -0.3 is 5.73 Å². The lowest BCUT2D eigenvalue weighted by Crippen LogP contribution is -2.41. The van der Waals surface area contributed by atoms with Gasteiger partial charge in [-0.2, -0.15) is 0 Å². The SMILES string of the molecule is CCN(C1CCCCC1)C(CC(=N)N)c1ccccc1. The highest BCUT2D eigenvalue weighted by Crippen LogP contribution is 2.31. The lowest BCUT2D eigenvalue weighted by molar-refractivity contribution is 0.113. The first-order valence-corrected chi connectivity index (χ1v) is 7.86. The van der Waals surface area contributed by atoms with Crippen LogP contribution in [0.3, 0.4) is 0 Å². The van der Waals surface area contributed by atoms with Crippen LogP contribution in [0.4, 0.5) is 0 Å². The molecular weight excluding hydrogens is 246 g/mol. The molecule has 0 bridgehead atoms. The lowest BCUT2D eigenvalue weighted by atomic mass is 9.91. The number of amidine groups is 1. The second kappa shape index (κ2) is 7.44. The first-order valence-electron chi connectivity index (χ1n) is 7.86. The average Bonchev–Trinajstić information content (AvgIpc) is 2.49. The Morgan fingerprint density at radius 3 is 2.45 bits per heavy atom. The van der Waals surface area contributed by atoms with Crippen LogP contribution in [0.2, 0.25) is 0 Å². The van der Waals surface area contributed by atoms with Crippen LogP contribution in [0.5, 0.6) is 0 Å². The molecule has 1 atom stereocenters. The molecule has 1 saturated carbocycles. The van der Waals surface area contributed by atoms with E-state index in [0.29, 0.717) is 12.5 Å². The van der Waals surface area contributed by atoms with Crippen LogP contribution in [0, 0.1) is 5.41 Å². The van der Waals surface area contributed by atoms with E-state index in [0.717, 1.165) is 6.54 Å². The molecule has 3 nitrogen and oxygen atoms in total. The number of hydrogen-bond donors (Lipinski definition) is 2. The number of nitrogens with zero attached hydrogens (tertiary/aromatic N) is 1. The molecule has 1 fully saturated rings. The number of hydrogen-bond acceptors (Lipinski definition) is 2. The Hall–Kier alpha value is -1.35. The molecule has 110 valence electrons. The minimum absolute atomic E-state index is 0.252. The van der Waals surface area contributed by atoms with E-state index in [1.54, 1.807) is 0 Å². The molecule has 1 aromatic carbocycles. The monoisotopic (exact) mass is 273 g/mol. The minimum Gasteiger partial charge on any atom is -0.388 e. The van der Waals surface area contributed by atoms with Crippen molar-refractivity contribution in [1.29, 1.82) is 5.41 Å². The molecule has 0 aliphatic heterocycles. The van der Waals surface area contributed by atoms with Crippen LogP contribution in [0.1, 0.15) is 57.1 Å². The van der Waals surface area contributed by atoms with Crippen molar-refractivity contribution >= 4 is 5.84 Å². The molecule has 3 heteroatoms. The van der Waals surface area contributed by atoms with Crippen molar-refractivity contribution in [1.82, 2.24) is 4.90 Å². The van der Waals surface area contributed by atoms with Crippen molar-refractivity contribution in [3.05, 3.63) is 35.9 Å². The van der Waals surface area contributed by atoms with Gasteiger partial charge in [0, 0.05) is 18.5 Å². The van der Waals surface area contributed by atoms with Gasteiger partial charge in [0.1, 0.15) is 0 Å². The van der Waals surface area contributed by atoms with Gasteiger partial charge >= 0.3 is 0 Å². The standard InChI is InChI=1S/C17H27N3/c1-2-20(15-11-7-4-8-12-15)16(13-17(18)19)14-9-5-3-6-10-14/h3,5-6,9-10,15-16H,2,4,7-8,11-13H2,1H3,(H3,18,19). The molecular formula is C17H27N3. The van der Waals surface area contributed by atoms with E-state index in [1.165, 1.54) is 37.7 Å². The third-order valence-electron chi connectivity index (χ3n) is 4.41. The predicted molar refractivity (Wildman–Crippen MR) is 85.0 cm³/mol. The fourth-order valence-corrected chi connectivity index (χ4v) is 3.46. The zero-order valence-electron chi connectivity index (χ0n) is 12.5. The van der Waals surface area contributed by atoms with Gasteiger partial charge in [-0.25, -0.2) is 0 Å². The molecule has 0 amide bonds. The molecule has 0 heterocycles. The molecule has 20 heavy (non-hydrogen) atoms. The Balaban J connectivity index is 2.20. The normalized spacial score (nSPS) is 18.1. The Bertz CT molecular complexity index is 410. The lowest BCUT2D eigenvalue weighted by Gasteiger charge is -2.39. The van der Waals surface area contributed by atoms with Gasteiger partial charge in [-0.05, 0) is 24.9 Å². The summed E-state index contributed by atoms with van der Waals surface area (Å²) in [6.45, 7) is 3.25. The van der Waals surface area contributed by atoms with Crippen LogP contribution in [0.15, 0.2) is 30.3 Å². The number of nitrogens with two attached hydrogens (primary N) is 1. The summed E-state index contributed by atoms with van der Waals surface area (Å²) in [6, 6.07) is 11.4. The van der Waals surface area contributed by atoms with Gasteiger partial charge in [0.05, 0.1) is 5.84 Å². The van der Waals surface area contributed by atoms with E-state index in [9.17, 15) is 0 Å². The van der Waals surface area contributed by atoms with Crippen molar-refractivity contribution in [2.24, 2.45) is 5.73 Å². The summed E-state index contributed by atoms with van der Waals surface area (Å²) >= 11 is 0. The summed E-state index contributed by atoms with van der Waals surface area (Å²) in [5.41, 5.74) is 7.00. The van der Waals surface area contributed by atoms with Gasteiger partial charge in [-0.3, -0.25) is 10.3 Å². The summed E-state index contributed by atoms with van der Waals surface area (Å²) < 4.78 is 0. The van der Waals surface area contributed by atoms with E-state index < -0.39 is 0 Å². The molecule has 1 aromatic rings. The maximum absolute atomic E-state index is 7.71. The van der Waals surface area contributed by atoms with Crippen LogP contribution in [-0.2, 0) is 0 Å². The third-order valence-corrected chi connectivity index (χ3v) is 4.41. The van der Waals surface area contributed by atoms with Gasteiger partial charge in [0.25, 0.3) is 0 Å². The minimum atomic E-state index is 0.252. The first kappa shape index (κ1) is 15.0. The van der Waals surface area contributed by atoms with Crippen molar-refractivity contribution in [3.8, 4) is 0 Å². The van der Waals surface area contributed by atoms with Gasteiger partial charge in [0.15, 0.2) is 0 Å². The van der Waals surface area contributed by atoms with Crippen molar-refractivity contribution < 1.29 is 0 Å². The Kier molecular flexibility index (Phi) is 5.60. The molecule has 1 aliphatic carbocycles. The average molecular weight is 273 g/mol. The summed E-state index contributed by atoms with van der Waals surface area (Å²) in [5, 5.41) is 7.71. The molecule has 0 radical (unpaired) electrons. The largest absolute Gasteiger partial charge is 0.388 e. The number of rotatable bonds is 6. The fourth-order valence-electron chi connectivity index (χ4n) is 3.46. The van der Waals surface area contributed by atoms with E-state index in [1.807, 2.05) is 6.07 Å². The number of benzene rings is 1. The third kappa shape index (κ3) is 3.83. The van der Waals surface area contributed by atoms with Crippen LogP contribution in [0.25, 0.3) is 0 Å². The first-order chi connectivity index (χ1) is 9.72. The molecule has 0 spiro atoms. The van der Waals surface area contributed by atoms with Crippen molar-refractivity contribution in [2.75, 3.05) is 6.54 Å². The summed E-state index contributed by atoms with van der Waals surface area (Å²) in [5.74, 6) is 0.285. The molecule has 1 aliphatic rings. The highest BCUT2D eigenvalue weighted by molar-refractivity contribution is 5.77. The molecule has 0 saturated heterocycles. The topological polar surface area (TPSA) is 53.1 Å². The fraction of sp³-hybridized carbons (Fsp3) is 0.588. The maximum Gasteiger partial charge on any atom is 0.0924 e. The van der Waals surface area contributed by atoms with E-state index in [4.69, 9.17) is 11.1 Å².